The van der Waals surface area contributed by atoms with Crippen LogP contribution in [0.25, 0.3) is 0 Å². The van der Waals surface area contributed by atoms with E-state index < -0.39 is 0 Å². The van der Waals surface area contributed by atoms with Crippen molar-refractivity contribution in [3.05, 3.63) is 0 Å². The molecular weight excluding hydrogens is 4880 g/mol. The van der Waals surface area contributed by atoms with Crippen molar-refractivity contribution in [2.24, 2.45) is 11.8 Å². The maximum atomic E-state index is 3.11. The molecule has 0 bridgehead atoms. The summed E-state index contributed by atoms with van der Waals surface area (Å²) >= 11 is 6.24. The van der Waals surface area contributed by atoms with E-state index in [1.54, 1.807) is 32.4 Å². The van der Waals surface area contributed by atoms with Crippen LogP contribution in [0.15, 0.2) is 0 Å². The van der Waals surface area contributed by atoms with Crippen molar-refractivity contribution >= 4 is 8.80 Å². The Morgan fingerprint density at radius 3 is 0.324 bits per heavy atom. The van der Waals surface area contributed by atoms with Crippen molar-refractivity contribution in [3.63, 3.8) is 0 Å². The summed E-state index contributed by atoms with van der Waals surface area (Å²) in [6.07, 6.45) is 0. The van der Waals surface area contributed by atoms with Crippen molar-refractivity contribution in [2.75, 3.05) is 0 Å². The van der Waals surface area contributed by atoms with Crippen LogP contribution in [-0.2, 0) is 535 Å². The summed E-state index contributed by atoms with van der Waals surface area (Å²) < 4.78 is 6.22. The van der Waals surface area contributed by atoms with Gasteiger partial charge in [-0.25, -0.2) is 0 Å². The first-order chi connectivity index (χ1) is 5.54. The summed E-state index contributed by atoms with van der Waals surface area (Å²) in [5, 5.41) is 0. The van der Waals surface area contributed by atoms with Crippen molar-refractivity contribution in [1.82, 2.24) is 0 Å². The second-order valence-electron chi connectivity index (χ2n) is 2.55. The first kappa shape index (κ1) is 187. The Hall–Kier alpha value is 17.6. The molecule has 0 saturated carbocycles. The van der Waals surface area contributed by atoms with Crippen LogP contribution in [0.5, 0.6) is 0 Å². The molecule has 0 nitrogen and oxygen atoms in total. The van der Waals surface area contributed by atoms with Crippen LogP contribution in [0.2, 0.25) is 0 Å². The fraction of sp³-hybridized carbons (Fsp3) is 0.750. The first-order valence-electron chi connectivity index (χ1n) is 3.46. The summed E-state index contributed by atoms with van der Waals surface area (Å²) in [6, 6.07) is 0. The first-order valence-corrected chi connectivity index (χ1v) is 17.4. The van der Waals surface area contributed by atoms with E-state index in [-0.39, 0.29) is 463 Å². The molecule has 0 atom stereocenters. The summed E-state index contributed by atoms with van der Waals surface area (Å²) in [7, 11) is 0. The zero-order valence-corrected chi connectivity index (χ0v) is 93.0. The summed E-state index contributed by atoms with van der Waals surface area (Å²) in [5.41, 5.74) is 0. The average Bonchev–Trinajstić information content (AvgIpc) is 2.09. The molecule has 0 aromatic rings. The minimum absolute atomic E-state index is 0. The Morgan fingerprint density at radius 1 is 0.294 bits per heavy atom. The van der Waals surface area contributed by atoms with E-state index in [0.717, 1.165) is 0 Å². The molecule has 0 spiro atoms. The fourth-order valence-corrected chi connectivity index (χ4v) is 0. The third-order valence-corrected chi connectivity index (χ3v) is 3.86. The molecule has 0 aliphatic carbocycles. The molecule has 0 N–H and O–H groups in total. The summed E-state index contributed by atoms with van der Waals surface area (Å²) in [6.45, 7) is 8.53. The van der Waals surface area contributed by atoms with Crippen LogP contribution in [0.1, 0.15) is 27.7 Å². The average molecular weight is 4890 g/mol. The number of hydrogen-bond acceptors (Lipinski definition) is 0. The number of rotatable bonds is 2. The molecule has 0 aromatic carbocycles. The molecule has 204 valence electrons. The quantitative estimate of drug-likeness (QED) is 0.370. The molecule has 34 heavy (non-hydrogen) atoms. The Balaban J connectivity index is -0.00000000120. The van der Waals surface area contributed by atoms with Gasteiger partial charge in [0.15, 0.2) is 0 Å². The van der Waals surface area contributed by atoms with Crippen molar-refractivity contribution in [1.29, 1.82) is 0 Å². The molecule has 0 radical (unpaired) electrons. The summed E-state index contributed by atoms with van der Waals surface area (Å²) in [5.74, 6) is 1.34. The topological polar surface area (TPSA) is 0 Å². The fourth-order valence-electron chi connectivity index (χ4n) is 0. The van der Waals surface area contributed by atoms with E-state index in [1.807, 2.05) is 0 Å². The van der Waals surface area contributed by atoms with Crippen molar-refractivity contribution < 1.29 is 535 Å². The van der Waals surface area contributed by atoms with Crippen molar-refractivity contribution in [2.45, 2.75) is 27.7 Å². The van der Waals surface area contributed by atoms with Crippen LogP contribution in [0, 0.1) is 11.8 Å². The predicted octanol–water partition coefficient (Wildman–Crippen LogP) is 1.68. The van der Waals surface area contributed by atoms with Gasteiger partial charge < -0.3 is 0 Å². The zero-order valence-electron chi connectivity index (χ0n) is 16.8. The SMILES string of the molecule is CC(C)[C-]=[W].CC(C)[C-]=[W].[W].[W].[W].[W].[W].[W].[W].[W].[W].[W].[W].[W].[W].[W].[W].[W].[W].[W].[W].[W].[W].[W].[W]=[W]. The predicted molar refractivity (Wildman–Crippen MR) is 39.7 cm³/mol. The Kier molecular flexibility index (Phi) is 1040. The van der Waals surface area contributed by atoms with Gasteiger partial charge in [-0.05, 0) is 0 Å². The normalized spacial score (nSPS) is 2.65. The van der Waals surface area contributed by atoms with Gasteiger partial charge in [0.05, 0.1) is 0 Å². The van der Waals surface area contributed by atoms with E-state index in [0.29, 0.717) is 11.8 Å². The third-order valence-electron chi connectivity index (χ3n) is 0.471. The molecule has 0 amide bonds. The van der Waals surface area contributed by atoms with Gasteiger partial charge in [-0.2, -0.15) is 0 Å². The van der Waals surface area contributed by atoms with Gasteiger partial charge in [0.25, 0.3) is 0 Å². The van der Waals surface area contributed by atoms with E-state index >= 15 is 0 Å². The molecule has 0 rings (SSSR count). The maximum absolute atomic E-state index is 3.11. The van der Waals surface area contributed by atoms with Gasteiger partial charge in [0.1, 0.15) is 0 Å². The molecule has 0 aliphatic heterocycles. The third kappa shape index (κ3) is 251. The van der Waals surface area contributed by atoms with Gasteiger partial charge in [-0.1, -0.05) is 0 Å². The van der Waals surface area contributed by atoms with Gasteiger partial charge in [0, 0.05) is 463 Å². The van der Waals surface area contributed by atoms with E-state index in [1.165, 1.54) is 38.7 Å². The van der Waals surface area contributed by atoms with Crippen LogP contribution in [0.3, 0.4) is 0 Å². The second kappa shape index (κ2) is 190. The Bertz CT molecular complexity index is 103. The molecule has 0 unspecified atom stereocenters. The van der Waals surface area contributed by atoms with Gasteiger partial charge in [-0.15, -0.1) is 0 Å². The molecular formula is C8H14W26-2. The molecule has 0 saturated heterocycles. The van der Waals surface area contributed by atoms with E-state index in [4.69, 9.17) is 0 Å². The van der Waals surface area contributed by atoms with Gasteiger partial charge >= 0.3 is 119 Å². The monoisotopic (exact) mass is 4890 g/mol. The van der Waals surface area contributed by atoms with Crippen molar-refractivity contribution in [3.8, 4) is 0 Å². The van der Waals surface area contributed by atoms with Crippen LogP contribution >= 0.6 is 0 Å². The van der Waals surface area contributed by atoms with Crippen LogP contribution in [-0.4, -0.2) is 8.80 Å². The molecule has 0 aliphatic rings. The van der Waals surface area contributed by atoms with E-state index in [2.05, 4.69) is 36.5 Å². The second-order valence-corrected chi connectivity index (χ2v) is 4.24. The van der Waals surface area contributed by atoms with Crippen LogP contribution in [0.4, 0.5) is 0 Å². The Labute approximate surface area is 566 Å². The molecule has 0 aromatic heterocycles. The van der Waals surface area contributed by atoms with Gasteiger partial charge in [-0.3, -0.25) is 0 Å². The van der Waals surface area contributed by atoms with Crippen LogP contribution < -0.4 is 0 Å². The summed E-state index contributed by atoms with van der Waals surface area (Å²) in [4.78, 5) is 0. The van der Waals surface area contributed by atoms with E-state index in [9.17, 15) is 0 Å². The standard InChI is InChI=1S/2C4H7.26W/c2*1-4(2)3;;;;;;;;;;;;;;;;;;;;;;;;;;/h2*4H,1-2H3;;;;;;;;;;;;;;;;;;;;;;;;;;/q2*-1;;;;;;;;;;;;;;;;;;;;;;;;;;. The molecule has 0 heterocycles. The molecule has 26 heteroatoms. The minimum atomic E-state index is 0. The molecule has 0 fully saturated rings. The zero-order chi connectivity index (χ0) is 10.6. The number of hydrogen-bond donors (Lipinski definition) is 0. The Morgan fingerprint density at radius 2 is 0.324 bits per heavy atom. The van der Waals surface area contributed by atoms with Gasteiger partial charge in [0.2, 0.25) is 0 Å².